The second-order valence-corrected chi connectivity index (χ2v) is 7.25. The van der Waals surface area contributed by atoms with Crippen LogP contribution in [0.5, 0.6) is 0 Å². The Morgan fingerprint density at radius 2 is 0.760 bits per heavy atom. The van der Waals surface area contributed by atoms with Gasteiger partial charge in [0.05, 0.1) is 11.7 Å². The number of nitrogens with two attached hydrogens (primary N) is 2. The fourth-order valence-electron chi connectivity index (χ4n) is 3.02. The molecule has 0 aromatic heterocycles. The third-order valence-corrected chi connectivity index (χ3v) is 4.60. The van der Waals surface area contributed by atoms with Crippen LogP contribution in [0, 0.1) is 10.8 Å². The highest BCUT2D eigenvalue weighted by molar-refractivity contribution is 5.76. The molecule has 148 valence electrons. The lowest BCUT2D eigenvalue weighted by Crippen LogP contribution is -2.16. The Bertz CT molecular complexity index is 287. The average Bonchev–Trinajstić information content (AvgIpc) is 2.56. The van der Waals surface area contributed by atoms with E-state index in [1.165, 1.54) is 77.0 Å². The molecule has 0 bridgehead atoms. The number of rotatable bonds is 20. The molecule has 25 heavy (non-hydrogen) atoms. The summed E-state index contributed by atoms with van der Waals surface area (Å²) in [7, 11) is 0. The lowest BCUT2D eigenvalue weighted by atomic mass is 10.1. The van der Waals surface area contributed by atoms with Gasteiger partial charge in [-0.2, -0.15) is 0 Å². The van der Waals surface area contributed by atoms with E-state index in [-0.39, 0.29) is 0 Å². The molecule has 0 aliphatic carbocycles. The smallest absolute Gasteiger partial charge is 0.0905 e. The maximum Gasteiger partial charge on any atom is 0.0905 e. The molecule has 0 aliphatic heterocycles. The molecule has 0 aliphatic rings. The first-order valence-corrected chi connectivity index (χ1v) is 10.5. The summed E-state index contributed by atoms with van der Waals surface area (Å²) in [5.41, 5.74) is 10.7. The minimum Gasteiger partial charge on any atom is -0.388 e. The van der Waals surface area contributed by atoms with Crippen molar-refractivity contribution in [3.8, 4) is 0 Å². The van der Waals surface area contributed by atoms with Crippen molar-refractivity contribution in [2.24, 2.45) is 11.5 Å². The Morgan fingerprint density at radius 3 is 1.08 bits per heavy atom. The maximum atomic E-state index is 7.17. The molecule has 0 saturated carbocycles. The van der Waals surface area contributed by atoms with Gasteiger partial charge in [0, 0.05) is 12.8 Å². The molecular weight excluding hydrogens is 310 g/mol. The summed E-state index contributed by atoms with van der Waals surface area (Å²) in [4.78, 5) is 0. The predicted molar refractivity (Wildman–Crippen MR) is 111 cm³/mol. The van der Waals surface area contributed by atoms with Crippen LogP contribution in [0.2, 0.25) is 0 Å². The van der Waals surface area contributed by atoms with Gasteiger partial charge in [0.15, 0.2) is 0 Å². The van der Waals surface area contributed by atoms with Crippen LogP contribution in [-0.2, 0) is 0 Å². The van der Waals surface area contributed by atoms with Crippen molar-refractivity contribution in [3.63, 3.8) is 0 Å². The van der Waals surface area contributed by atoms with Gasteiger partial charge >= 0.3 is 0 Å². The summed E-state index contributed by atoms with van der Waals surface area (Å²) < 4.78 is 0. The van der Waals surface area contributed by atoms with E-state index in [0.717, 1.165) is 38.8 Å². The molecule has 5 heteroatoms. The van der Waals surface area contributed by atoms with Crippen molar-refractivity contribution < 1.29 is 0 Å². The highest BCUT2D eigenvalue weighted by Gasteiger charge is 1.95. The maximum absolute atomic E-state index is 7.17. The summed E-state index contributed by atoms with van der Waals surface area (Å²) in [5, 5.41) is 17.9. The van der Waals surface area contributed by atoms with E-state index in [4.69, 9.17) is 22.3 Å². The molecule has 0 fully saturated rings. The van der Waals surface area contributed by atoms with Crippen LogP contribution in [-0.4, -0.2) is 24.8 Å². The van der Waals surface area contributed by atoms with E-state index < -0.39 is 0 Å². The summed E-state index contributed by atoms with van der Waals surface area (Å²) in [6, 6.07) is 0. The molecule has 0 heterocycles. The third-order valence-electron chi connectivity index (χ3n) is 4.60. The van der Waals surface area contributed by atoms with Crippen LogP contribution in [0.15, 0.2) is 0 Å². The molecule has 0 saturated heterocycles. The van der Waals surface area contributed by atoms with Gasteiger partial charge in [-0.1, -0.05) is 64.2 Å². The highest BCUT2D eigenvalue weighted by atomic mass is 14.8. The van der Waals surface area contributed by atoms with Gasteiger partial charge in [-0.25, -0.2) is 0 Å². The van der Waals surface area contributed by atoms with E-state index in [2.05, 4.69) is 5.32 Å². The zero-order valence-electron chi connectivity index (χ0n) is 16.4. The van der Waals surface area contributed by atoms with Crippen molar-refractivity contribution in [1.82, 2.24) is 5.32 Å². The highest BCUT2D eigenvalue weighted by Crippen LogP contribution is 2.09. The Balaban J connectivity index is 3.00. The number of hydrogen-bond donors (Lipinski definition) is 5. The van der Waals surface area contributed by atoms with Gasteiger partial charge in [0.2, 0.25) is 0 Å². The molecule has 0 amide bonds. The van der Waals surface area contributed by atoms with Crippen molar-refractivity contribution in [2.75, 3.05) is 13.1 Å². The molecule has 7 N–H and O–H groups in total. The first kappa shape index (κ1) is 23.9. The van der Waals surface area contributed by atoms with Crippen molar-refractivity contribution in [2.45, 2.75) is 103 Å². The molecule has 0 aromatic rings. The van der Waals surface area contributed by atoms with Gasteiger partial charge < -0.3 is 16.8 Å². The summed E-state index contributed by atoms with van der Waals surface area (Å²) in [5.74, 6) is 0.659. The topological polar surface area (TPSA) is 112 Å². The summed E-state index contributed by atoms with van der Waals surface area (Å²) >= 11 is 0. The molecule has 0 aromatic carbocycles. The molecular formula is C20H43N5. The first-order valence-electron chi connectivity index (χ1n) is 10.5. The van der Waals surface area contributed by atoms with Gasteiger partial charge in [-0.15, -0.1) is 0 Å². The van der Waals surface area contributed by atoms with E-state index in [9.17, 15) is 0 Å². The van der Waals surface area contributed by atoms with Crippen LogP contribution in [0.4, 0.5) is 0 Å². The van der Waals surface area contributed by atoms with E-state index >= 15 is 0 Å². The van der Waals surface area contributed by atoms with Crippen LogP contribution in [0.1, 0.15) is 103 Å². The third kappa shape index (κ3) is 22.9. The van der Waals surface area contributed by atoms with E-state index in [1.807, 2.05) is 0 Å². The molecule has 0 unspecified atom stereocenters. The van der Waals surface area contributed by atoms with E-state index in [1.54, 1.807) is 0 Å². The first-order chi connectivity index (χ1) is 12.1. The minimum atomic E-state index is 0.329. The fraction of sp³-hybridized carbons (Fsp3) is 0.900. The van der Waals surface area contributed by atoms with Crippen molar-refractivity contribution in [3.05, 3.63) is 0 Å². The molecule has 0 radical (unpaired) electrons. The monoisotopic (exact) mass is 353 g/mol. The minimum absolute atomic E-state index is 0.329. The summed E-state index contributed by atoms with van der Waals surface area (Å²) in [6.07, 6.45) is 19.3. The van der Waals surface area contributed by atoms with Crippen molar-refractivity contribution in [1.29, 1.82) is 10.8 Å². The van der Waals surface area contributed by atoms with Gasteiger partial charge in [0.25, 0.3) is 0 Å². The Labute approximate surface area is 155 Å². The number of amidine groups is 2. The second-order valence-electron chi connectivity index (χ2n) is 7.25. The lowest BCUT2D eigenvalue weighted by Gasteiger charge is -2.05. The number of unbranched alkanes of at least 4 members (excludes halogenated alkanes) is 12. The largest absolute Gasteiger partial charge is 0.388 e. The number of nitrogens with one attached hydrogen (secondary N) is 3. The molecule has 5 nitrogen and oxygen atoms in total. The average molecular weight is 354 g/mol. The predicted octanol–water partition coefficient (Wildman–Crippen LogP) is 4.69. The standard InChI is InChI=1S/C20H43N5/c21-19(22)15-11-7-3-1-5-9-13-17-25-18-14-10-6-2-4-8-12-16-20(23)24/h25H,1-18H2,(H3,21,22)(H3,23,24). The van der Waals surface area contributed by atoms with Gasteiger partial charge in [-0.05, 0) is 38.8 Å². The van der Waals surface area contributed by atoms with Crippen LogP contribution < -0.4 is 16.8 Å². The van der Waals surface area contributed by atoms with E-state index in [0.29, 0.717) is 11.7 Å². The normalized spacial score (nSPS) is 10.9. The van der Waals surface area contributed by atoms with Crippen molar-refractivity contribution >= 4 is 11.7 Å². The Hall–Kier alpha value is -1.10. The van der Waals surface area contributed by atoms with Gasteiger partial charge in [-0.3, -0.25) is 10.8 Å². The molecule has 0 atom stereocenters. The zero-order chi connectivity index (χ0) is 18.6. The zero-order valence-corrected chi connectivity index (χ0v) is 16.4. The number of hydrogen-bond acceptors (Lipinski definition) is 3. The SMILES string of the molecule is N=C(N)CCCCCCCCCNCCCCCCCCCC(=N)N. The van der Waals surface area contributed by atoms with Crippen LogP contribution >= 0.6 is 0 Å². The Kier molecular flexibility index (Phi) is 18.4. The Morgan fingerprint density at radius 1 is 0.480 bits per heavy atom. The molecule has 0 spiro atoms. The fourth-order valence-corrected chi connectivity index (χ4v) is 3.02. The quantitative estimate of drug-likeness (QED) is 0.124. The van der Waals surface area contributed by atoms with Crippen LogP contribution in [0.25, 0.3) is 0 Å². The van der Waals surface area contributed by atoms with Crippen LogP contribution in [0.3, 0.4) is 0 Å². The molecule has 0 rings (SSSR count). The lowest BCUT2D eigenvalue weighted by molar-refractivity contribution is 0.535. The second kappa shape index (κ2) is 19.2. The van der Waals surface area contributed by atoms with Gasteiger partial charge in [0.1, 0.15) is 0 Å². The summed E-state index contributed by atoms with van der Waals surface area (Å²) in [6.45, 7) is 2.32.